The van der Waals surface area contributed by atoms with E-state index in [0.29, 0.717) is 6.42 Å². The summed E-state index contributed by atoms with van der Waals surface area (Å²) in [5.74, 6) is 1.23. The highest BCUT2D eigenvalue weighted by Gasteiger charge is 2.36. The Hall–Kier alpha value is -2.68. The van der Waals surface area contributed by atoms with E-state index in [4.69, 9.17) is 4.74 Å². The Morgan fingerprint density at radius 2 is 2.11 bits per heavy atom. The molecule has 0 unspecified atom stereocenters. The molecule has 3 aromatic rings. The molecule has 1 fully saturated rings. The van der Waals surface area contributed by atoms with E-state index in [1.807, 2.05) is 54.9 Å². The summed E-state index contributed by atoms with van der Waals surface area (Å²) in [5, 5.41) is 21.8. The number of aliphatic hydroxyl groups excluding tert-OH is 1. The van der Waals surface area contributed by atoms with E-state index in [1.54, 1.807) is 18.9 Å². The molecule has 192 valence electrons. The number of piperidine rings is 1. The first-order valence-corrected chi connectivity index (χ1v) is 13.6. The minimum Gasteiger partial charge on any atom is -0.497 e. The Labute approximate surface area is 216 Å². The van der Waals surface area contributed by atoms with Gasteiger partial charge in [-0.25, -0.2) is 4.98 Å². The fourth-order valence-corrected chi connectivity index (χ4v) is 6.33. The number of carbonyl (C=O) groups is 1. The van der Waals surface area contributed by atoms with Crippen LogP contribution in [0.25, 0.3) is 10.9 Å². The summed E-state index contributed by atoms with van der Waals surface area (Å²) in [6.07, 6.45) is 6.30. The van der Waals surface area contributed by atoms with Gasteiger partial charge in [0.1, 0.15) is 5.75 Å². The Bertz CT molecular complexity index is 1130. The molecule has 0 aliphatic carbocycles. The van der Waals surface area contributed by atoms with Crippen molar-refractivity contribution in [3.05, 3.63) is 60.4 Å². The third-order valence-electron chi connectivity index (χ3n) is 7.16. The van der Waals surface area contributed by atoms with Crippen LogP contribution in [0.4, 0.5) is 0 Å². The predicted molar refractivity (Wildman–Crippen MR) is 143 cm³/mol. The van der Waals surface area contributed by atoms with E-state index in [-0.39, 0.29) is 30.8 Å². The van der Waals surface area contributed by atoms with E-state index in [2.05, 4.69) is 14.9 Å². The van der Waals surface area contributed by atoms with Gasteiger partial charge in [-0.1, -0.05) is 6.07 Å². The molecule has 0 radical (unpaired) electrons. The number of hydrogen-bond donors (Lipinski definition) is 2. The maximum absolute atomic E-state index is 11.8. The number of pyridine rings is 2. The van der Waals surface area contributed by atoms with Gasteiger partial charge in [0.15, 0.2) is 0 Å². The molecule has 0 amide bonds. The topological polar surface area (TPSA) is 95.8 Å². The lowest BCUT2D eigenvalue weighted by atomic mass is 9.71. The molecular weight excluding hydrogens is 474 g/mol. The van der Waals surface area contributed by atoms with E-state index in [1.165, 1.54) is 0 Å². The van der Waals surface area contributed by atoms with Gasteiger partial charge in [0, 0.05) is 43.1 Å². The smallest absolute Gasteiger partial charge is 0.303 e. The summed E-state index contributed by atoms with van der Waals surface area (Å²) in [5.41, 5.74) is 2.00. The molecule has 0 bridgehead atoms. The number of hydrogen-bond acceptors (Lipinski definition) is 7. The molecule has 4 rings (SSSR count). The van der Waals surface area contributed by atoms with Crippen LogP contribution < -0.4 is 4.74 Å². The minimum atomic E-state index is -0.762. The summed E-state index contributed by atoms with van der Waals surface area (Å²) in [6, 6.07) is 13.8. The van der Waals surface area contributed by atoms with Crippen molar-refractivity contribution in [1.82, 2.24) is 14.9 Å². The first kappa shape index (κ1) is 26.4. The highest BCUT2D eigenvalue weighted by Crippen LogP contribution is 2.42. The van der Waals surface area contributed by atoms with Crippen molar-refractivity contribution in [2.24, 2.45) is 11.8 Å². The highest BCUT2D eigenvalue weighted by atomic mass is 32.2. The monoisotopic (exact) mass is 509 g/mol. The second-order valence-corrected chi connectivity index (χ2v) is 10.5. The lowest BCUT2D eigenvalue weighted by Gasteiger charge is -2.42. The number of aromatic nitrogens is 2. The largest absolute Gasteiger partial charge is 0.497 e. The molecular formula is C28H35N3O4S. The van der Waals surface area contributed by atoms with Gasteiger partial charge in [0.05, 0.1) is 17.7 Å². The van der Waals surface area contributed by atoms with E-state index < -0.39 is 5.97 Å². The summed E-state index contributed by atoms with van der Waals surface area (Å²) < 4.78 is 5.46. The summed E-state index contributed by atoms with van der Waals surface area (Å²) in [6.45, 7) is 2.70. The average molecular weight is 510 g/mol. The van der Waals surface area contributed by atoms with Crippen LogP contribution in [0.15, 0.2) is 59.9 Å². The van der Waals surface area contributed by atoms with Crippen LogP contribution in [-0.2, 0) is 4.79 Å². The molecule has 3 atom stereocenters. The van der Waals surface area contributed by atoms with Crippen molar-refractivity contribution < 1.29 is 19.7 Å². The van der Waals surface area contributed by atoms with Gasteiger partial charge < -0.3 is 19.8 Å². The number of methoxy groups -OCH3 is 1. The molecule has 7 nitrogen and oxygen atoms in total. The molecule has 3 heterocycles. The fourth-order valence-electron chi connectivity index (χ4n) is 5.53. The van der Waals surface area contributed by atoms with Gasteiger partial charge >= 0.3 is 5.97 Å². The molecule has 1 aromatic carbocycles. The van der Waals surface area contributed by atoms with E-state index in [9.17, 15) is 15.0 Å². The zero-order chi connectivity index (χ0) is 25.3. The second-order valence-electron chi connectivity index (χ2n) is 9.38. The minimum absolute atomic E-state index is 0.0186. The van der Waals surface area contributed by atoms with Gasteiger partial charge in [-0.3, -0.25) is 9.78 Å². The summed E-state index contributed by atoms with van der Waals surface area (Å²) in [4.78, 5) is 23.1. The van der Waals surface area contributed by atoms with Gasteiger partial charge in [-0.05, 0) is 92.1 Å². The number of thioether (sulfide) groups is 1. The van der Waals surface area contributed by atoms with Gasteiger partial charge in [0.2, 0.25) is 0 Å². The van der Waals surface area contributed by atoms with Crippen molar-refractivity contribution in [2.45, 2.75) is 36.6 Å². The van der Waals surface area contributed by atoms with Crippen LogP contribution in [0.2, 0.25) is 0 Å². The molecule has 36 heavy (non-hydrogen) atoms. The number of carboxylic acids is 1. The fraction of sp³-hybridized carbons (Fsp3) is 0.464. The standard InChI is InChI=1S/C28H35N3O4S/c1-35-21-6-7-26-25(18-21)23(8-12-29-26)24(10-15-32)22-9-14-31(19-20(22)17-28(33)34)13-4-16-36-27-5-2-3-11-30-27/h2-3,5-8,11-12,18,20,22,24,32H,4,9-10,13-17,19H2,1H3,(H,33,34)/t20-,22-,24+/m0/s1. The molecule has 1 saturated heterocycles. The Kier molecular flexibility index (Phi) is 9.55. The van der Waals surface area contributed by atoms with Gasteiger partial charge in [-0.2, -0.15) is 0 Å². The maximum atomic E-state index is 11.8. The van der Waals surface area contributed by atoms with Crippen LogP contribution in [0.5, 0.6) is 5.75 Å². The molecule has 1 aliphatic rings. The van der Waals surface area contributed by atoms with Crippen LogP contribution >= 0.6 is 11.8 Å². The number of aliphatic carboxylic acids is 1. The summed E-state index contributed by atoms with van der Waals surface area (Å²) in [7, 11) is 1.65. The van der Waals surface area contributed by atoms with Crippen molar-refractivity contribution >= 4 is 28.6 Å². The number of fused-ring (bicyclic) bond motifs is 1. The molecule has 0 spiro atoms. The lowest BCUT2D eigenvalue weighted by Crippen LogP contribution is -2.44. The van der Waals surface area contributed by atoms with Gasteiger partial charge in [-0.15, -0.1) is 11.8 Å². The maximum Gasteiger partial charge on any atom is 0.303 e. The third-order valence-corrected chi connectivity index (χ3v) is 8.19. The Morgan fingerprint density at radius 3 is 2.86 bits per heavy atom. The SMILES string of the molecule is COc1ccc2nccc([C@H](CCO)[C@H]3CCN(CCCSc4ccccn4)C[C@@H]3CC(=O)O)c2c1. The van der Waals surface area contributed by atoms with E-state index in [0.717, 1.165) is 65.5 Å². The van der Waals surface area contributed by atoms with Crippen molar-refractivity contribution in [3.63, 3.8) is 0 Å². The Morgan fingerprint density at radius 1 is 1.22 bits per heavy atom. The van der Waals surface area contributed by atoms with Crippen LogP contribution in [0.3, 0.4) is 0 Å². The van der Waals surface area contributed by atoms with Crippen LogP contribution in [-0.4, -0.2) is 70.2 Å². The average Bonchev–Trinajstić information content (AvgIpc) is 2.90. The molecule has 1 aliphatic heterocycles. The van der Waals surface area contributed by atoms with Crippen molar-refractivity contribution in [1.29, 1.82) is 0 Å². The van der Waals surface area contributed by atoms with E-state index >= 15 is 0 Å². The second kappa shape index (κ2) is 13.0. The first-order chi connectivity index (χ1) is 17.6. The molecule has 0 saturated carbocycles. The zero-order valence-corrected chi connectivity index (χ0v) is 21.6. The lowest BCUT2D eigenvalue weighted by molar-refractivity contribution is -0.139. The highest BCUT2D eigenvalue weighted by molar-refractivity contribution is 7.99. The zero-order valence-electron chi connectivity index (χ0n) is 20.8. The number of carboxylic acid groups (broad SMARTS) is 1. The summed E-state index contributed by atoms with van der Waals surface area (Å²) >= 11 is 1.76. The predicted octanol–water partition coefficient (Wildman–Crippen LogP) is 4.70. The third kappa shape index (κ3) is 6.75. The quantitative estimate of drug-likeness (QED) is 0.268. The Balaban J connectivity index is 1.49. The number of nitrogens with zero attached hydrogens (tertiary/aromatic N) is 3. The normalized spacial score (nSPS) is 19.3. The molecule has 2 N–H and O–H groups in total. The molecule has 8 heteroatoms. The number of likely N-dealkylation sites (tertiary alicyclic amines) is 1. The van der Waals surface area contributed by atoms with Gasteiger partial charge in [0.25, 0.3) is 0 Å². The number of rotatable bonds is 12. The number of benzene rings is 1. The number of ether oxygens (including phenoxy) is 1. The number of aliphatic hydroxyl groups is 1. The molecule has 2 aromatic heterocycles. The first-order valence-electron chi connectivity index (χ1n) is 12.6. The van der Waals surface area contributed by atoms with Crippen LogP contribution in [0, 0.1) is 11.8 Å². The van der Waals surface area contributed by atoms with Crippen LogP contribution in [0.1, 0.15) is 37.2 Å². The van der Waals surface area contributed by atoms with Crippen molar-refractivity contribution in [3.8, 4) is 5.75 Å². The van der Waals surface area contributed by atoms with Crippen molar-refractivity contribution in [2.75, 3.05) is 39.1 Å².